The zero-order chi connectivity index (χ0) is 12.3. The van der Waals surface area contributed by atoms with Crippen LogP contribution in [-0.2, 0) is 21.6 Å². The minimum absolute atomic E-state index is 0.136. The first-order valence-corrected chi connectivity index (χ1v) is 5.69. The highest BCUT2D eigenvalue weighted by molar-refractivity contribution is 5.71. The van der Waals surface area contributed by atoms with Gasteiger partial charge in [-0.2, -0.15) is 0 Å². The van der Waals surface area contributed by atoms with Crippen molar-refractivity contribution in [3.8, 4) is 0 Å². The van der Waals surface area contributed by atoms with Gasteiger partial charge in [-0.05, 0) is 11.1 Å². The van der Waals surface area contributed by atoms with Crippen LogP contribution < -0.4 is 0 Å². The van der Waals surface area contributed by atoms with E-state index in [2.05, 4.69) is 0 Å². The van der Waals surface area contributed by atoms with Crippen molar-refractivity contribution >= 4 is 5.97 Å². The predicted molar refractivity (Wildman–Crippen MR) is 60.6 cm³/mol. The van der Waals surface area contributed by atoms with Crippen molar-refractivity contribution in [1.82, 2.24) is 0 Å². The van der Waals surface area contributed by atoms with Crippen LogP contribution >= 0.6 is 0 Å². The van der Waals surface area contributed by atoms with E-state index in [1.165, 1.54) is 0 Å². The summed E-state index contributed by atoms with van der Waals surface area (Å²) in [7, 11) is 0. The molecule has 0 bridgehead atoms. The van der Waals surface area contributed by atoms with E-state index in [0.29, 0.717) is 37.2 Å². The Morgan fingerprint density at radius 3 is 2.65 bits per heavy atom. The van der Waals surface area contributed by atoms with Crippen LogP contribution in [0.2, 0.25) is 0 Å². The molecule has 1 heterocycles. The topological polar surface area (TPSA) is 46.5 Å². The number of alkyl halides is 1. The van der Waals surface area contributed by atoms with Gasteiger partial charge in [-0.25, -0.2) is 4.39 Å². The molecule has 0 unspecified atom stereocenters. The van der Waals surface area contributed by atoms with Crippen LogP contribution in [0.3, 0.4) is 0 Å². The number of hydrogen-bond donors (Lipinski definition) is 1. The Kier molecular flexibility index (Phi) is 3.43. The number of ether oxygens (including phenoxy) is 1. The SMILES string of the molecule is O=C(O)Cc1ccccc1C1(F)CCOCC1. The molecule has 0 amide bonds. The molecule has 0 spiro atoms. The summed E-state index contributed by atoms with van der Waals surface area (Å²) in [5.74, 6) is -0.937. The van der Waals surface area contributed by atoms with Crippen LogP contribution in [0.15, 0.2) is 24.3 Å². The number of hydrogen-bond acceptors (Lipinski definition) is 2. The largest absolute Gasteiger partial charge is 0.481 e. The summed E-state index contributed by atoms with van der Waals surface area (Å²) < 4.78 is 19.9. The molecule has 0 aliphatic carbocycles. The van der Waals surface area contributed by atoms with Gasteiger partial charge in [0.25, 0.3) is 0 Å². The van der Waals surface area contributed by atoms with Gasteiger partial charge >= 0.3 is 5.97 Å². The smallest absolute Gasteiger partial charge is 0.307 e. The van der Waals surface area contributed by atoms with Crippen molar-refractivity contribution in [2.24, 2.45) is 0 Å². The fourth-order valence-corrected chi connectivity index (χ4v) is 2.24. The molecule has 1 N–H and O–H groups in total. The lowest BCUT2D eigenvalue weighted by Gasteiger charge is -2.31. The maximum Gasteiger partial charge on any atom is 0.307 e. The number of halogens is 1. The first-order chi connectivity index (χ1) is 8.12. The van der Waals surface area contributed by atoms with Crippen molar-refractivity contribution in [3.63, 3.8) is 0 Å². The second-order valence-electron chi connectivity index (χ2n) is 4.31. The number of carbonyl (C=O) groups is 1. The molecule has 0 saturated carbocycles. The molecular weight excluding hydrogens is 223 g/mol. The Labute approximate surface area is 99.2 Å². The van der Waals surface area contributed by atoms with Crippen LogP contribution in [0.5, 0.6) is 0 Å². The van der Waals surface area contributed by atoms with Gasteiger partial charge in [0.15, 0.2) is 0 Å². The molecule has 2 rings (SSSR count). The van der Waals surface area contributed by atoms with E-state index in [1.54, 1.807) is 24.3 Å². The van der Waals surface area contributed by atoms with Gasteiger partial charge in [0.2, 0.25) is 0 Å². The Balaban J connectivity index is 2.32. The number of rotatable bonds is 3. The maximum atomic E-state index is 14.7. The van der Waals surface area contributed by atoms with Crippen molar-refractivity contribution in [2.45, 2.75) is 24.9 Å². The molecule has 0 aromatic heterocycles. The average molecular weight is 238 g/mol. The lowest BCUT2D eigenvalue weighted by Crippen LogP contribution is -2.30. The highest BCUT2D eigenvalue weighted by atomic mass is 19.1. The maximum absolute atomic E-state index is 14.7. The van der Waals surface area contributed by atoms with Gasteiger partial charge in [0.1, 0.15) is 5.67 Å². The standard InChI is InChI=1S/C13H15FO3/c14-13(5-7-17-8-6-13)11-4-2-1-3-10(11)9-12(15)16/h1-4H,5-9H2,(H,15,16). The molecule has 3 nitrogen and oxygen atoms in total. The molecule has 1 fully saturated rings. The van der Waals surface area contributed by atoms with E-state index < -0.39 is 11.6 Å². The summed E-state index contributed by atoms with van der Waals surface area (Å²) in [5, 5.41) is 8.83. The molecule has 1 aliphatic rings. The fourth-order valence-electron chi connectivity index (χ4n) is 2.24. The molecule has 92 valence electrons. The van der Waals surface area contributed by atoms with Crippen LogP contribution in [-0.4, -0.2) is 24.3 Å². The Bertz CT molecular complexity index is 411. The molecule has 0 atom stereocenters. The van der Waals surface area contributed by atoms with Gasteiger partial charge in [-0.3, -0.25) is 4.79 Å². The molecule has 1 aliphatic heterocycles. The summed E-state index contributed by atoms with van der Waals surface area (Å²) in [6, 6.07) is 6.85. The first-order valence-electron chi connectivity index (χ1n) is 5.69. The Hall–Kier alpha value is -1.42. The molecule has 0 radical (unpaired) electrons. The first kappa shape index (κ1) is 12.0. The summed E-state index contributed by atoms with van der Waals surface area (Å²) in [4.78, 5) is 10.8. The van der Waals surface area contributed by atoms with E-state index in [1.807, 2.05) is 0 Å². The second-order valence-corrected chi connectivity index (χ2v) is 4.31. The highest BCUT2D eigenvalue weighted by Crippen LogP contribution is 2.38. The van der Waals surface area contributed by atoms with E-state index >= 15 is 0 Å². The number of aliphatic carboxylic acids is 1. The Morgan fingerprint density at radius 2 is 2.00 bits per heavy atom. The molecule has 17 heavy (non-hydrogen) atoms. The number of carboxylic acids is 1. The Morgan fingerprint density at radius 1 is 1.35 bits per heavy atom. The molecule has 1 saturated heterocycles. The zero-order valence-corrected chi connectivity index (χ0v) is 9.49. The van der Waals surface area contributed by atoms with Crippen molar-refractivity contribution in [2.75, 3.05) is 13.2 Å². The van der Waals surface area contributed by atoms with E-state index in [-0.39, 0.29) is 6.42 Å². The third kappa shape index (κ3) is 2.64. The molecular formula is C13H15FO3. The monoisotopic (exact) mass is 238 g/mol. The third-order valence-corrected chi connectivity index (χ3v) is 3.13. The van der Waals surface area contributed by atoms with Crippen LogP contribution in [0.4, 0.5) is 4.39 Å². The van der Waals surface area contributed by atoms with Crippen molar-refractivity contribution in [1.29, 1.82) is 0 Å². The van der Waals surface area contributed by atoms with Crippen molar-refractivity contribution in [3.05, 3.63) is 35.4 Å². The van der Waals surface area contributed by atoms with Crippen LogP contribution in [0.25, 0.3) is 0 Å². The highest BCUT2D eigenvalue weighted by Gasteiger charge is 2.36. The number of carboxylic acid groups (broad SMARTS) is 1. The lowest BCUT2D eigenvalue weighted by molar-refractivity contribution is -0.136. The third-order valence-electron chi connectivity index (χ3n) is 3.13. The molecule has 1 aromatic rings. The summed E-state index contributed by atoms with van der Waals surface area (Å²) in [6.45, 7) is 0.774. The molecule has 4 heteroatoms. The number of benzene rings is 1. The van der Waals surface area contributed by atoms with Gasteiger partial charge in [-0.1, -0.05) is 24.3 Å². The van der Waals surface area contributed by atoms with Gasteiger partial charge < -0.3 is 9.84 Å². The summed E-state index contributed by atoms with van der Waals surface area (Å²) in [5.41, 5.74) is -0.375. The minimum Gasteiger partial charge on any atom is -0.481 e. The summed E-state index contributed by atoms with van der Waals surface area (Å²) in [6.07, 6.45) is 0.454. The fraction of sp³-hybridized carbons (Fsp3) is 0.462. The quantitative estimate of drug-likeness (QED) is 0.878. The molecule has 1 aromatic carbocycles. The van der Waals surface area contributed by atoms with Gasteiger partial charge in [-0.15, -0.1) is 0 Å². The zero-order valence-electron chi connectivity index (χ0n) is 9.49. The summed E-state index contributed by atoms with van der Waals surface area (Å²) >= 11 is 0. The van der Waals surface area contributed by atoms with E-state index in [4.69, 9.17) is 9.84 Å². The second kappa shape index (κ2) is 4.84. The van der Waals surface area contributed by atoms with Crippen LogP contribution in [0, 0.1) is 0 Å². The van der Waals surface area contributed by atoms with Gasteiger partial charge in [0.05, 0.1) is 6.42 Å². The van der Waals surface area contributed by atoms with Crippen LogP contribution in [0.1, 0.15) is 24.0 Å². The van der Waals surface area contributed by atoms with E-state index in [0.717, 1.165) is 0 Å². The lowest BCUT2D eigenvalue weighted by atomic mass is 9.84. The van der Waals surface area contributed by atoms with E-state index in [9.17, 15) is 9.18 Å². The normalized spacial score (nSPS) is 18.9. The average Bonchev–Trinajstić information content (AvgIpc) is 2.30. The van der Waals surface area contributed by atoms with Crippen molar-refractivity contribution < 1.29 is 19.0 Å². The van der Waals surface area contributed by atoms with Gasteiger partial charge in [0, 0.05) is 26.1 Å². The predicted octanol–water partition coefficient (Wildman–Crippen LogP) is 2.29. The minimum atomic E-state index is -1.44.